The number of allylic oxidation sites excluding steroid dienone is 2. The van der Waals surface area contributed by atoms with E-state index < -0.39 is 0 Å². The van der Waals surface area contributed by atoms with Gasteiger partial charge in [0, 0.05) is 5.69 Å². The van der Waals surface area contributed by atoms with Crippen molar-refractivity contribution in [1.29, 1.82) is 0 Å². The minimum atomic E-state index is -0.251. The normalized spacial score (nSPS) is 11.9. The monoisotopic (exact) mass is 380 g/mol. The summed E-state index contributed by atoms with van der Waals surface area (Å²) in [5.74, 6) is -0.251. The number of carbonyl (C=O) groups excluding carboxylic acids is 1. The predicted octanol–water partition coefficient (Wildman–Crippen LogP) is 6.28. The van der Waals surface area contributed by atoms with Gasteiger partial charge in [0.05, 0.1) is 5.69 Å². The van der Waals surface area contributed by atoms with Crippen LogP contribution in [0.25, 0.3) is 6.08 Å². The molecule has 0 saturated carbocycles. The van der Waals surface area contributed by atoms with Crippen molar-refractivity contribution in [3.8, 4) is 0 Å². The van der Waals surface area contributed by atoms with E-state index in [2.05, 4.69) is 10.3 Å². The van der Waals surface area contributed by atoms with Gasteiger partial charge in [-0.3, -0.25) is 4.79 Å². The Balaban J connectivity index is 1.81. The third kappa shape index (κ3) is 6.43. The second-order valence-electron chi connectivity index (χ2n) is 6.78. The maximum absolute atomic E-state index is 12.8. The van der Waals surface area contributed by atoms with E-state index in [-0.39, 0.29) is 5.91 Å². The molecule has 0 unspecified atom stereocenters. The highest BCUT2D eigenvalue weighted by Gasteiger charge is 2.09. The van der Waals surface area contributed by atoms with Crippen LogP contribution in [0.4, 0.5) is 11.4 Å². The van der Waals surface area contributed by atoms with Gasteiger partial charge in [0.2, 0.25) is 0 Å². The Bertz CT molecular complexity index is 1030. The first kappa shape index (κ1) is 20.0. The van der Waals surface area contributed by atoms with Crippen molar-refractivity contribution in [1.82, 2.24) is 0 Å². The standard InChI is InChI=1S/C26H24N2O/c1-20-12-16-23(17-13-20)27-25(11-7-6-10-22-8-4-3-5-9-22)26(29)28-24-18-14-21(2)15-19-24/h3-19H,1-2H3,(H,28,29)/b10-6+,11-7+,27-25?. The third-order valence-electron chi connectivity index (χ3n) is 4.28. The summed E-state index contributed by atoms with van der Waals surface area (Å²) in [7, 11) is 0. The van der Waals surface area contributed by atoms with Gasteiger partial charge in [-0.1, -0.05) is 84.0 Å². The Hall–Kier alpha value is -3.72. The van der Waals surface area contributed by atoms with Crippen molar-refractivity contribution in [2.24, 2.45) is 4.99 Å². The van der Waals surface area contributed by atoms with E-state index in [1.165, 1.54) is 0 Å². The first-order valence-corrected chi connectivity index (χ1v) is 9.53. The molecule has 3 heteroatoms. The minimum Gasteiger partial charge on any atom is -0.321 e. The number of aryl methyl sites for hydroxylation is 2. The summed E-state index contributed by atoms with van der Waals surface area (Å²) in [6.07, 6.45) is 7.44. The van der Waals surface area contributed by atoms with E-state index in [1.807, 2.05) is 111 Å². The van der Waals surface area contributed by atoms with Crippen LogP contribution >= 0.6 is 0 Å². The molecule has 0 aromatic heterocycles. The molecule has 0 aliphatic rings. The molecule has 29 heavy (non-hydrogen) atoms. The number of nitrogens with zero attached hydrogens (tertiary/aromatic N) is 1. The molecule has 0 atom stereocenters. The fraction of sp³-hybridized carbons (Fsp3) is 0.0769. The van der Waals surface area contributed by atoms with Gasteiger partial charge in [0.15, 0.2) is 0 Å². The lowest BCUT2D eigenvalue weighted by atomic mass is 10.2. The molecule has 0 saturated heterocycles. The molecule has 0 spiro atoms. The van der Waals surface area contributed by atoms with Crippen LogP contribution in [-0.4, -0.2) is 11.6 Å². The highest BCUT2D eigenvalue weighted by molar-refractivity contribution is 6.47. The van der Waals surface area contributed by atoms with Crippen LogP contribution in [0.3, 0.4) is 0 Å². The molecule has 1 N–H and O–H groups in total. The van der Waals surface area contributed by atoms with E-state index in [1.54, 1.807) is 6.08 Å². The van der Waals surface area contributed by atoms with Crippen LogP contribution in [0.5, 0.6) is 0 Å². The molecule has 0 radical (unpaired) electrons. The van der Waals surface area contributed by atoms with Gasteiger partial charge < -0.3 is 5.32 Å². The Morgan fingerprint density at radius 1 is 0.793 bits per heavy atom. The summed E-state index contributed by atoms with van der Waals surface area (Å²) < 4.78 is 0. The van der Waals surface area contributed by atoms with E-state index >= 15 is 0 Å². The van der Waals surface area contributed by atoms with Gasteiger partial charge in [0.25, 0.3) is 5.91 Å². The molecule has 144 valence electrons. The Kier molecular flexibility index (Phi) is 6.90. The number of aliphatic imine (C=N–C) groups is 1. The first-order valence-electron chi connectivity index (χ1n) is 9.53. The van der Waals surface area contributed by atoms with Crippen molar-refractivity contribution in [3.63, 3.8) is 0 Å². The molecule has 1 amide bonds. The van der Waals surface area contributed by atoms with Crippen molar-refractivity contribution >= 4 is 29.1 Å². The number of benzene rings is 3. The largest absolute Gasteiger partial charge is 0.321 e. The molecule has 0 aliphatic carbocycles. The number of anilines is 1. The lowest BCUT2D eigenvalue weighted by Crippen LogP contribution is -2.21. The average Bonchev–Trinajstić information content (AvgIpc) is 2.74. The van der Waals surface area contributed by atoms with Gasteiger partial charge in [-0.15, -0.1) is 0 Å². The summed E-state index contributed by atoms with van der Waals surface area (Å²) in [4.78, 5) is 17.4. The fourth-order valence-corrected chi connectivity index (χ4v) is 2.63. The SMILES string of the molecule is Cc1ccc(N=C(/C=C/C=C/c2ccccc2)C(=O)Nc2ccc(C)cc2)cc1. The van der Waals surface area contributed by atoms with Gasteiger partial charge >= 0.3 is 0 Å². The average molecular weight is 380 g/mol. The number of nitrogens with one attached hydrogen (secondary N) is 1. The van der Waals surface area contributed by atoms with Crippen molar-refractivity contribution in [2.45, 2.75) is 13.8 Å². The molecular weight excluding hydrogens is 356 g/mol. The maximum Gasteiger partial charge on any atom is 0.274 e. The van der Waals surface area contributed by atoms with Crippen LogP contribution in [0.15, 0.2) is 102 Å². The third-order valence-corrected chi connectivity index (χ3v) is 4.28. The first-order chi connectivity index (χ1) is 14.1. The maximum atomic E-state index is 12.8. The van der Waals surface area contributed by atoms with Crippen molar-refractivity contribution in [2.75, 3.05) is 5.32 Å². The molecule has 0 aliphatic heterocycles. The molecular formula is C26H24N2O. The second kappa shape index (κ2) is 10.00. The quantitative estimate of drug-likeness (QED) is 0.396. The van der Waals surface area contributed by atoms with Gasteiger partial charge in [-0.05, 0) is 49.8 Å². The fourth-order valence-electron chi connectivity index (χ4n) is 2.63. The smallest absolute Gasteiger partial charge is 0.274 e. The summed E-state index contributed by atoms with van der Waals surface area (Å²) in [5, 5.41) is 2.91. The van der Waals surface area contributed by atoms with E-state index in [4.69, 9.17) is 0 Å². The summed E-state index contributed by atoms with van der Waals surface area (Å²) >= 11 is 0. The molecule has 3 rings (SSSR count). The minimum absolute atomic E-state index is 0.251. The van der Waals surface area contributed by atoms with E-state index in [0.29, 0.717) is 5.71 Å². The highest BCUT2D eigenvalue weighted by Crippen LogP contribution is 2.14. The zero-order valence-corrected chi connectivity index (χ0v) is 16.7. The predicted molar refractivity (Wildman–Crippen MR) is 123 cm³/mol. The molecule has 3 aromatic rings. The number of hydrogen-bond donors (Lipinski definition) is 1. The number of carbonyl (C=O) groups is 1. The van der Waals surface area contributed by atoms with Crippen molar-refractivity contribution < 1.29 is 4.79 Å². The Morgan fingerprint density at radius 3 is 2.07 bits per heavy atom. The van der Waals surface area contributed by atoms with Gasteiger partial charge in [-0.25, -0.2) is 4.99 Å². The summed E-state index contributed by atoms with van der Waals surface area (Å²) in [6.45, 7) is 4.03. The van der Waals surface area contributed by atoms with Crippen molar-refractivity contribution in [3.05, 3.63) is 114 Å². The molecule has 0 fully saturated rings. The Morgan fingerprint density at radius 2 is 1.41 bits per heavy atom. The van der Waals surface area contributed by atoms with Crippen LogP contribution < -0.4 is 5.32 Å². The summed E-state index contributed by atoms with van der Waals surface area (Å²) in [6, 6.07) is 25.5. The van der Waals surface area contributed by atoms with Gasteiger partial charge in [-0.2, -0.15) is 0 Å². The molecule has 0 heterocycles. The summed E-state index contributed by atoms with van der Waals surface area (Å²) in [5.41, 5.74) is 5.20. The zero-order valence-electron chi connectivity index (χ0n) is 16.7. The number of rotatable bonds is 6. The zero-order chi connectivity index (χ0) is 20.5. The van der Waals surface area contributed by atoms with Crippen LogP contribution in [0, 0.1) is 13.8 Å². The lowest BCUT2D eigenvalue weighted by molar-refractivity contribution is -0.110. The second-order valence-corrected chi connectivity index (χ2v) is 6.78. The van der Waals surface area contributed by atoms with Gasteiger partial charge in [0.1, 0.15) is 5.71 Å². The van der Waals surface area contributed by atoms with Crippen LogP contribution in [0.1, 0.15) is 16.7 Å². The Labute approximate surface area is 172 Å². The highest BCUT2D eigenvalue weighted by atomic mass is 16.1. The molecule has 0 bridgehead atoms. The topological polar surface area (TPSA) is 41.5 Å². The van der Waals surface area contributed by atoms with Crippen LogP contribution in [-0.2, 0) is 4.79 Å². The van der Waals surface area contributed by atoms with E-state index in [9.17, 15) is 4.79 Å². The molecule has 3 aromatic carbocycles. The number of hydrogen-bond acceptors (Lipinski definition) is 2. The van der Waals surface area contributed by atoms with Crippen LogP contribution in [0.2, 0.25) is 0 Å². The molecule has 3 nitrogen and oxygen atoms in total. The lowest BCUT2D eigenvalue weighted by Gasteiger charge is -2.06. The number of amides is 1. The van der Waals surface area contributed by atoms with E-state index in [0.717, 1.165) is 28.1 Å².